The number of amides is 2. The molecule has 302 valence electrons. The highest BCUT2D eigenvalue weighted by Gasteiger charge is 2.62. The fourth-order valence-electron chi connectivity index (χ4n) is 7.49. The van der Waals surface area contributed by atoms with Gasteiger partial charge in [-0.25, -0.2) is 14.8 Å². The van der Waals surface area contributed by atoms with Gasteiger partial charge in [0.15, 0.2) is 23.0 Å². The van der Waals surface area contributed by atoms with Crippen LogP contribution in [0.1, 0.15) is 64.4 Å². The van der Waals surface area contributed by atoms with Crippen molar-refractivity contribution in [2.45, 2.75) is 88.2 Å². The van der Waals surface area contributed by atoms with Gasteiger partial charge in [-0.3, -0.25) is 8.32 Å². The average molecular weight is 893 g/mol. The number of unbranched alkanes of at least 4 members (excludes halogenated alkanes) is 3. The zero-order chi connectivity index (χ0) is 41.2. The maximum atomic E-state index is 12.4. The molecule has 0 saturated carbocycles. The number of nitrogens with one attached hydrogen (secondary N) is 4. The van der Waals surface area contributed by atoms with Gasteiger partial charge in [0.05, 0.1) is 29.0 Å². The molecule has 0 aliphatic carbocycles. The van der Waals surface area contributed by atoms with Gasteiger partial charge in [-0.15, -0.1) is 0 Å². The number of aliphatic hydroxyl groups excluding tert-OH is 1. The molecule has 1 saturated heterocycles. The molecule has 5 rings (SSSR count). The minimum atomic E-state index is -0.915. The molecule has 0 radical (unpaired) electrons. The van der Waals surface area contributed by atoms with Gasteiger partial charge in [0, 0.05) is 50.9 Å². The lowest BCUT2D eigenvalue weighted by Gasteiger charge is -2.46. The Morgan fingerprint density at radius 2 is 1.81 bits per heavy atom. The molecule has 1 unspecified atom stereocenters. The molecule has 0 bridgehead atoms. The van der Waals surface area contributed by atoms with Gasteiger partial charge in [0.25, 0.3) is 0 Å². The maximum Gasteiger partial charge on any atom is 0.407 e. The number of hydrogen-bond acceptors (Lipinski definition) is 15. The Labute approximate surface area is 346 Å². The standard InChI is InChI=1S/C39H49IN12O5/c1-38(2)29(28(23-43)33(57-38)26(21-41)22-42)15-12-25-10-13-27(14-11-25)51(3)19-8-9-32(54)45-17-6-4-5-7-18-46-37(55)56-24-30-34-39(49-35(44)48-34)31(53)16-20-52(39)36(47-30)50-40/h10-15,30-31,34,53H,4-9,16-20,24H2,1-3H3,(H,45,54)(H,46,55)(H,47,50)(H3,44,48,49)/b15-12+/t30-,31+,34-,39?/m0/s1. The molecular weight excluding hydrogens is 843 g/mol. The number of hydrogen-bond donors (Lipinski definition) is 6. The van der Waals surface area contributed by atoms with Crippen molar-refractivity contribution in [2.75, 3.05) is 44.7 Å². The number of nitriles is 3. The number of halogens is 1. The molecule has 4 heterocycles. The van der Waals surface area contributed by atoms with E-state index in [2.05, 4.69) is 40.4 Å². The van der Waals surface area contributed by atoms with Gasteiger partial charge in [0.2, 0.25) is 11.9 Å². The molecule has 1 aromatic carbocycles. The highest BCUT2D eigenvalue weighted by molar-refractivity contribution is 14.1. The molecule has 17 nitrogen and oxygen atoms in total. The van der Waals surface area contributed by atoms with Crippen LogP contribution in [0, 0.1) is 34.0 Å². The van der Waals surface area contributed by atoms with E-state index in [9.17, 15) is 30.5 Å². The minimum absolute atomic E-state index is 0.0121. The number of carbonyl (C=O) groups excluding carboxylic acids is 2. The second-order valence-corrected chi connectivity index (χ2v) is 15.2. The topological polar surface area (TPSA) is 250 Å². The first-order valence-corrected chi connectivity index (χ1v) is 20.0. The van der Waals surface area contributed by atoms with E-state index in [0.29, 0.717) is 57.0 Å². The second-order valence-electron chi connectivity index (χ2n) is 14.7. The third kappa shape index (κ3) is 9.72. The summed E-state index contributed by atoms with van der Waals surface area (Å²) in [7, 11) is 1.97. The van der Waals surface area contributed by atoms with Gasteiger partial charge < -0.3 is 46.1 Å². The molecule has 0 aromatic heterocycles. The Kier molecular flexibility index (Phi) is 14.3. The quantitative estimate of drug-likeness (QED) is 0.0606. The van der Waals surface area contributed by atoms with Crippen molar-refractivity contribution >= 4 is 58.5 Å². The van der Waals surface area contributed by atoms with Crippen molar-refractivity contribution in [3.05, 3.63) is 58.4 Å². The van der Waals surface area contributed by atoms with Crippen LogP contribution in [0.25, 0.3) is 6.08 Å². The number of nitrogens with zero attached hydrogens (tertiary/aromatic N) is 7. The van der Waals surface area contributed by atoms with Crippen molar-refractivity contribution in [3.8, 4) is 18.2 Å². The molecule has 1 fully saturated rings. The number of aliphatic imine (C=N–C) groups is 2. The number of anilines is 1. The fourth-order valence-corrected chi connectivity index (χ4v) is 7.93. The fraction of sp³-hybridized carbons (Fsp3) is 0.513. The maximum absolute atomic E-state index is 12.4. The summed E-state index contributed by atoms with van der Waals surface area (Å²) in [4.78, 5) is 38.1. The van der Waals surface area contributed by atoms with Crippen LogP contribution in [0.4, 0.5) is 10.5 Å². The normalized spacial score (nSPS) is 22.8. The van der Waals surface area contributed by atoms with Crippen LogP contribution in [0.15, 0.2) is 62.8 Å². The van der Waals surface area contributed by atoms with E-state index >= 15 is 0 Å². The predicted octanol–water partition coefficient (Wildman–Crippen LogP) is 2.98. The first kappa shape index (κ1) is 42.6. The van der Waals surface area contributed by atoms with Gasteiger partial charge in [-0.2, -0.15) is 15.8 Å². The van der Waals surface area contributed by atoms with Gasteiger partial charge >= 0.3 is 6.09 Å². The Balaban J connectivity index is 0.930. The Morgan fingerprint density at radius 1 is 1.11 bits per heavy atom. The van der Waals surface area contributed by atoms with Crippen LogP contribution in [0.5, 0.6) is 0 Å². The predicted molar refractivity (Wildman–Crippen MR) is 222 cm³/mol. The summed E-state index contributed by atoms with van der Waals surface area (Å²) in [5.41, 5.74) is 6.65. The van der Waals surface area contributed by atoms with E-state index in [4.69, 9.17) is 15.2 Å². The van der Waals surface area contributed by atoms with Gasteiger partial charge in [0.1, 0.15) is 48.1 Å². The highest BCUT2D eigenvalue weighted by atomic mass is 127. The molecule has 4 atom stereocenters. The Hall–Kier alpha value is -5.52. The number of alkyl carbamates (subject to hydrolysis) is 1. The molecule has 1 aromatic rings. The molecule has 4 aliphatic heterocycles. The van der Waals surface area contributed by atoms with Crippen LogP contribution in [-0.2, 0) is 14.3 Å². The lowest BCUT2D eigenvalue weighted by molar-refractivity contribution is -0.121. The molecule has 7 N–H and O–H groups in total. The van der Waals surface area contributed by atoms with E-state index in [1.54, 1.807) is 32.1 Å². The largest absolute Gasteiger partial charge is 0.480 e. The Bertz CT molecular complexity index is 1940. The zero-order valence-electron chi connectivity index (χ0n) is 32.3. The summed E-state index contributed by atoms with van der Waals surface area (Å²) in [5.74, 6) is 0.823. The summed E-state index contributed by atoms with van der Waals surface area (Å²) >= 11 is 1.99. The lowest BCUT2D eigenvalue weighted by Crippen LogP contribution is -2.72. The van der Waals surface area contributed by atoms with E-state index in [0.717, 1.165) is 36.9 Å². The first-order chi connectivity index (χ1) is 27.4. The summed E-state index contributed by atoms with van der Waals surface area (Å²) in [5, 5.41) is 48.1. The van der Waals surface area contributed by atoms with Crippen molar-refractivity contribution < 1.29 is 24.2 Å². The summed E-state index contributed by atoms with van der Waals surface area (Å²) in [6, 6.07) is 12.5. The molecule has 57 heavy (non-hydrogen) atoms. The molecular formula is C39H49IN12O5. The summed E-state index contributed by atoms with van der Waals surface area (Å²) in [6.45, 7) is 5.90. The third-order valence-corrected chi connectivity index (χ3v) is 10.9. The third-order valence-electron chi connectivity index (χ3n) is 10.4. The zero-order valence-corrected chi connectivity index (χ0v) is 34.5. The number of guanidine groups is 2. The Morgan fingerprint density at radius 3 is 2.47 bits per heavy atom. The molecule has 2 amide bonds. The van der Waals surface area contributed by atoms with Crippen LogP contribution in [0.3, 0.4) is 0 Å². The smallest absolute Gasteiger partial charge is 0.407 e. The van der Waals surface area contributed by atoms with Gasteiger partial charge in [-0.1, -0.05) is 37.1 Å². The summed E-state index contributed by atoms with van der Waals surface area (Å²) < 4.78 is 14.4. The number of benzene rings is 1. The average Bonchev–Trinajstić information content (AvgIpc) is 3.81. The number of ether oxygens (including phenoxy) is 2. The summed E-state index contributed by atoms with van der Waals surface area (Å²) in [6.07, 6.45) is 7.44. The number of allylic oxidation sites excluding steroid dienone is 2. The molecule has 4 aliphatic rings. The number of rotatable bonds is 16. The van der Waals surface area contributed by atoms with Crippen LogP contribution < -0.4 is 30.1 Å². The van der Waals surface area contributed by atoms with Crippen LogP contribution >= 0.6 is 22.9 Å². The SMILES string of the molecule is CN(CCCC(=O)NCCCCCCNC(=O)OC[C@@H]1N=C(NI)N2CC[C@@H](O)C23NC(N)=N[C@@H]13)c1ccc(/C=C/C2=C(C#N)C(=C(C#N)C#N)OC2(C)C)cc1. The van der Waals surface area contributed by atoms with Crippen LogP contribution in [-0.4, -0.2) is 103 Å². The molecule has 1 spiro atoms. The number of nitrogens with two attached hydrogens (primary N) is 1. The lowest BCUT2D eigenvalue weighted by atomic mass is 9.89. The van der Waals surface area contributed by atoms with E-state index < -0.39 is 35.5 Å². The molecule has 18 heteroatoms. The first-order valence-electron chi connectivity index (χ1n) is 18.9. The van der Waals surface area contributed by atoms with Crippen LogP contribution in [0.2, 0.25) is 0 Å². The van der Waals surface area contributed by atoms with Crippen molar-refractivity contribution in [1.29, 1.82) is 15.8 Å². The number of aliphatic hydroxyl groups is 1. The van der Waals surface area contributed by atoms with Gasteiger partial charge in [-0.05, 0) is 57.2 Å². The van der Waals surface area contributed by atoms with E-state index in [1.807, 2.05) is 65.2 Å². The second kappa shape index (κ2) is 19.1. The van der Waals surface area contributed by atoms with Crippen molar-refractivity contribution in [3.63, 3.8) is 0 Å². The van der Waals surface area contributed by atoms with E-state index in [-0.39, 0.29) is 35.4 Å². The van der Waals surface area contributed by atoms with Crippen molar-refractivity contribution in [1.82, 2.24) is 24.4 Å². The van der Waals surface area contributed by atoms with Crippen molar-refractivity contribution in [2.24, 2.45) is 15.7 Å². The van der Waals surface area contributed by atoms with E-state index in [1.165, 1.54) is 0 Å². The number of carbonyl (C=O) groups is 2. The monoisotopic (exact) mass is 892 g/mol. The highest BCUT2D eigenvalue weighted by Crippen LogP contribution is 2.41. The minimum Gasteiger partial charge on any atom is -0.480 e.